The van der Waals surface area contributed by atoms with Crippen molar-refractivity contribution >= 4 is 10.1 Å². The van der Waals surface area contributed by atoms with Crippen molar-refractivity contribution in [2.24, 2.45) is 5.92 Å². The van der Waals surface area contributed by atoms with Crippen LogP contribution in [-0.2, 0) is 14.3 Å². The SMILES string of the molecule is CCC(C)C#COS(C)(=O)=O. The molecule has 0 amide bonds. The molecule has 0 saturated heterocycles. The predicted octanol–water partition coefficient (Wildman–Crippen LogP) is 0.970. The van der Waals surface area contributed by atoms with Crippen molar-refractivity contribution in [1.82, 2.24) is 0 Å². The van der Waals surface area contributed by atoms with Gasteiger partial charge < -0.3 is 4.18 Å². The molecule has 0 aromatic carbocycles. The molecule has 0 bridgehead atoms. The summed E-state index contributed by atoms with van der Waals surface area (Å²) in [6, 6.07) is 0. The number of hydrogen-bond donors (Lipinski definition) is 0. The van der Waals surface area contributed by atoms with Gasteiger partial charge in [0.05, 0.1) is 6.26 Å². The van der Waals surface area contributed by atoms with Gasteiger partial charge in [0.2, 0.25) is 0 Å². The third-order valence-electron chi connectivity index (χ3n) is 1.11. The van der Waals surface area contributed by atoms with Crippen molar-refractivity contribution in [2.75, 3.05) is 6.26 Å². The normalized spacial score (nSPS) is 13.0. The second-order valence-corrected chi connectivity index (χ2v) is 3.92. The van der Waals surface area contributed by atoms with E-state index in [2.05, 4.69) is 16.2 Å². The molecule has 0 heterocycles. The molecule has 4 heteroatoms. The second-order valence-electron chi connectivity index (χ2n) is 2.34. The molecule has 0 aliphatic rings. The molecule has 1 unspecified atom stereocenters. The molecule has 11 heavy (non-hydrogen) atoms. The van der Waals surface area contributed by atoms with Gasteiger partial charge in [-0.25, -0.2) is 0 Å². The fourth-order valence-corrected chi connectivity index (χ4v) is 0.502. The van der Waals surface area contributed by atoms with Crippen LogP contribution >= 0.6 is 0 Å². The zero-order valence-corrected chi connectivity index (χ0v) is 7.73. The van der Waals surface area contributed by atoms with E-state index in [4.69, 9.17) is 0 Å². The zero-order valence-electron chi connectivity index (χ0n) is 6.92. The first kappa shape index (κ1) is 10.3. The molecule has 0 rings (SSSR count). The molecular formula is C7H12O3S. The summed E-state index contributed by atoms with van der Waals surface area (Å²) >= 11 is 0. The van der Waals surface area contributed by atoms with Gasteiger partial charge in [-0.2, -0.15) is 8.42 Å². The van der Waals surface area contributed by atoms with E-state index in [1.807, 2.05) is 13.8 Å². The summed E-state index contributed by atoms with van der Waals surface area (Å²) in [6.45, 7) is 3.87. The highest BCUT2D eigenvalue weighted by Gasteiger charge is 1.96. The Morgan fingerprint density at radius 2 is 2.09 bits per heavy atom. The fraction of sp³-hybridized carbons (Fsp3) is 0.714. The van der Waals surface area contributed by atoms with Gasteiger partial charge in [0.1, 0.15) is 6.11 Å². The topological polar surface area (TPSA) is 43.4 Å². The van der Waals surface area contributed by atoms with Crippen LogP contribution in [0.2, 0.25) is 0 Å². The van der Waals surface area contributed by atoms with Gasteiger partial charge in [0.25, 0.3) is 0 Å². The molecule has 0 N–H and O–H groups in total. The zero-order chi connectivity index (χ0) is 8.91. The van der Waals surface area contributed by atoms with E-state index in [9.17, 15) is 8.42 Å². The van der Waals surface area contributed by atoms with E-state index in [-0.39, 0.29) is 5.92 Å². The van der Waals surface area contributed by atoms with Crippen LogP contribution in [0.5, 0.6) is 0 Å². The Morgan fingerprint density at radius 3 is 2.45 bits per heavy atom. The lowest BCUT2D eigenvalue weighted by atomic mass is 10.1. The maximum atomic E-state index is 10.4. The molecule has 3 nitrogen and oxygen atoms in total. The van der Waals surface area contributed by atoms with Crippen molar-refractivity contribution in [2.45, 2.75) is 20.3 Å². The minimum absolute atomic E-state index is 0.178. The van der Waals surface area contributed by atoms with Crippen LogP contribution < -0.4 is 0 Å². The summed E-state index contributed by atoms with van der Waals surface area (Å²) in [5.74, 6) is 2.81. The Labute approximate surface area is 67.9 Å². The third-order valence-corrected chi connectivity index (χ3v) is 1.50. The lowest BCUT2D eigenvalue weighted by molar-refractivity contribution is 0.470. The summed E-state index contributed by atoms with van der Waals surface area (Å²) in [4.78, 5) is 0. The Bertz CT molecular complexity index is 255. The van der Waals surface area contributed by atoms with Gasteiger partial charge in [0, 0.05) is 5.92 Å². The highest BCUT2D eigenvalue weighted by atomic mass is 32.2. The van der Waals surface area contributed by atoms with Gasteiger partial charge in [-0.05, 0) is 6.42 Å². The number of hydrogen-bond acceptors (Lipinski definition) is 3. The first-order valence-electron chi connectivity index (χ1n) is 3.34. The Hall–Kier alpha value is -0.690. The smallest absolute Gasteiger partial charge is 0.314 e. The van der Waals surface area contributed by atoms with E-state index in [1.54, 1.807) is 0 Å². The summed E-state index contributed by atoms with van der Waals surface area (Å²) < 4.78 is 25.0. The van der Waals surface area contributed by atoms with E-state index >= 15 is 0 Å². The van der Waals surface area contributed by atoms with Crippen molar-refractivity contribution in [3.8, 4) is 12.0 Å². The van der Waals surface area contributed by atoms with Crippen molar-refractivity contribution in [3.63, 3.8) is 0 Å². The molecular weight excluding hydrogens is 164 g/mol. The maximum Gasteiger partial charge on any atom is 0.314 e. The second kappa shape index (κ2) is 4.24. The van der Waals surface area contributed by atoms with Gasteiger partial charge in [-0.3, -0.25) is 0 Å². The van der Waals surface area contributed by atoms with Crippen LogP contribution in [0.15, 0.2) is 0 Å². The fourth-order valence-electron chi connectivity index (χ4n) is 0.302. The van der Waals surface area contributed by atoms with Crippen LogP contribution in [0.4, 0.5) is 0 Å². The molecule has 0 aliphatic heterocycles. The molecule has 0 spiro atoms. The van der Waals surface area contributed by atoms with Crippen LogP contribution in [-0.4, -0.2) is 14.7 Å². The maximum absolute atomic E-state index is 10.4. The van der Waals surface area contributed by atoms with Crippen LogP contribution in [0, 0.1) is 17.9 Å². The minimum Gasteiger partial charge on any atom is -0.328 e. The molecule has 0 aliphatic carbocycles. The van der Waals surface area contributed by atoms with Crippen molar-refractivity contribution < 1.29 is 12.6 Å². The molecule has 0 aromatic heterocycles. The monoisotopic (exact) mass is 176 g/mol. The van der Waals surface area contributed by atoms with Crippen LogP contribution in [0.25, 0.3) is 0 Å². The molecule has 0 saturated carbocycles. The number of rotatable bonds is 2. The van der Waals surface area contributed by atoms with Gasteiger partial charge in [-0.1, -0.05) is 19.8 Å². The molecule has 64 valence electrons. The first-order valence-corrected chi connectivity index (χ1v) is 5.16. The summed E-state index contributed by atoms with van der Waals surface area (Å²) in [5.41, 5.74) is 0. The van der Waals surface area contributed by atoms with E-state index < -0.39 is 10.1 Å². The van der Waals surface area contributed by atoms with E-state index in [1.165, 1.54) is 0 Å². The molecule has 0 fully saturated rings. The molecule has 0 aromatic rings. The molecule has 1 atom stereocenters. The average Bonchev–Trinajstić information content (AvgIpc) is 1.85. The Balaban J connectivity index is 3.93. The predicted molar refractivity (Wildman–Crippen MR) is 43.2 cm³/mol. The van der Waals surface area contributed by atoms with Gasteiger partial charge in [0.15, 0.2) is 0 Å². The highest BCUT2D eigenvalue weighted by molar-refractivity contribution is 7.86. The summed E-state index contributed by atoms with van der Waals surface area (Å²) in [5, 5.41) is 0. The molecule has 0 radical (unpaired) electrons. The Morgan fingerprint density at radius 1 is 1.55 bits per heavy atom. The van der Waals surface area contributed by atoms with Crippen molar-refractivity contribution in [3.05, 3.63) is 0 Å². The highest BCUT2D eigenvalue weighted by Crippen LogP contribution is 1.96. The summed E-state index contributed by atoms with van der Waals surface area (Å²) in [7, 11) is -3.40. The van der Waals surface area contributed by atoms with Crippen LogP contribution in [0.3, 0.4) is 0 Å². The quantitative estimate of drug-likeness (QED) is 0.465. The third kappa shape index (κ3) is 7.20. The Kier molecular flexibility index (Phi) is 3.98. The van der Waals surface area contributed by atoms with Crippen LogP contribution in [0.1, 0.15) is 20.3 Å². The summed E-state index contributed by atoms with van der Waals surface area (Å²) in [6.07, 6.45) is 4.00. The first-order chi connectivity index (χ1) is 4.95. The van der Waals surface area contributed by atoms with E-state index in [0.717, 1.165) is 12.7 Å². The van der Waals surface area contributed by atoms with Gasteiger partial charge in [-0.15, -0.1) is 0 Å². The lowest BCUT2D eigenvalue weighted by Gasteiger charge is -1.94. The van der Waals surface area contributed by atoms with E-state index in [0.29, 0.717) is 0 Å². The van der Waals surface area contributed by atoms with Gasteiger partial charge >= 0.3 is 10.1 Å². The minimum atomic E-state index is -3.40. The lowest BCUT2D eigenvalue weighted by Crippen LogP contribution is -1.97. The van der Waals surface area contributed by atoms with Crippen molar-refractivity contribution in [1.29, 1.82) is 0 Å². The largest absolute Gasteiger partial charge is 0.328 e. The standard InChI is InChI=1S/C7H12O3S/c1-4-7(2)5-6-10-11(3,8)9/h7H,4H2,1-3H3. The average molecular weight is 176 g/mol.